The number of fused-ring (bicyclic) bond motifs is 1. The van der Waals surface area contributed by atoms with Gasteiger partial charge < -0.3 is 15.7 Å². The van der Waals surface area contributed by atoms with Crippen LogP contribution in [0.15, 0.2) is 30.5 Å². The van der Waals surface area contributed by atoms with Gasteiger partial charge in [0.15, 0.2) is 0 Å². The van der Waals surface area contributed by atoms with Gasteiger partial charge in [0.25, 0.3) is 0 Å². The Morgan fingerprint density at radius 2 is 2.27 bits per heavy atom. The van der Waals surface area contributed by atoms with Gasteiger partial charge >= 0.3 is 6.03 Å². The molecule has 5 nitrogen and oxygen atoms in total. The smallest absolute Gasteiger partial charge is 0.315 e. The number of urea groups is 1. The van der Waals surface area contributed by atoms with E-state index in [-0.39, 0.29) is 12.1 Å². The molecule has 0 saturated heterocycles. The third kappa shape index (κ3) is 3.13. The molecule has 2 atom stereocenters. The maximum absolute atomic E-state index is 12.0. The minimum absolute atomic E-state index is 0.283. The number of nitrogens with zero attached hydrogens (tertiary/aromatic N) is 1. The SMILES string of the molecule is CCc1cnc(CNC(=O)N[C@H]2c3ccccc3C[C@H]2O)s1. The molecule has 0 saturated carbocycles. The molecule has 22 heavy (non-hydrogen) atoms. The molecule has 3 rings (SSSR count). The highest BCUT2D eigenvalue weighted by Gasteiger charge is 2.31. The number of thiazole rings is 1. The maximum Gasteiger partial charge on any atom is 0.315 e. The van der Waals surface area contributed by atoms with Crippen molar-refractivity contribution in [2.75, 3.05) is 0 Å². The first-order chi connectivity index (χ1) is 10.7. The lowest BCUT2D eigenvalue weighted by Gasteiger charge is -2.18. The normalized spacial score (nSPS) is 19.7. The van der Waals surface area contributed by atoms with Gasteiger partial charge in [-0.3, -0.25) is 0 Å². The molecule has 0 radical (unpaired) electrons. The van der Waals surface area contributed by atoms with E-state index in [1.807, 2.05) is 30.5 Å². The maximum atomic E-state index is 12.0. The van der Waals surface area contributed by atoms with Gasteiger partial charge in [-0.05, 0) is 17.5 Å². The number of hydrogen-bond acceptors (Lipinski definition) is 4. The molecular formula is C16H19N3O2S. The van der Waals surface area contributed by atoms with Gasteiger partial charge in [-0.15, -0.1) is 11.3 Å². The molecule has 1 aromatic heterocycles. The summed E-state index contributed by atoms with van der Waals surface area (Å²) >= 11 is 1.60. The zero-order valence-corrected chi connectivity index (χ0v) is 13.2. The van der Waals surface area contributed by atoms with Crippen LogP contribution in [0.2, 0.25) is 0 Å². The van der Waals surface area contributed by atoms with E-state index in [9.17, 15) is 9.90 Å². The lowest BCUT2D eigenvalue weighted by atomic mass is 10.1. The van der Waals surface area contributed by atoms with E-state index in [2.05, 4.69) is 22.5 Å². The van der Waals surface area contributed by atoms with Crippen LogP contribution in [-0.2, 0) is 19.4 Å². The van der Waals surface area contributed by atoms with Crippen molar-refractivity contribution >= 4 is 17.4 Å². The summed E-state index contributed by atoms with van der Waals surface area (Å²) in [7, 11) is 0. The first-order valence-corrected chi connectivity index (χ1v) is 8.23. The summed E-state index contributed by atoms with van der Waals surface area (Å²) in [6.07, 6.45) is 2.80. The number of benzene rings is 1. The van der Waals surface area contributed by atoms with Crippen molar-refractivity contribution in [3.63, 3.8) is 0 Å². The van der Waals surface area contributed by atoms with Crippen LogP contribution in [0.3, 0.4) is 0 Å². The number of hydrogen-bond donors (Lipinski definition) is 3. The number of aliphatic hydroxyl groups excluding tert-OH is 1. The molecule has 116 valence electrons. The highest BCUT2D eigenvalue weighted by atomic mass is 32.1. The van der Waals surface area contributed by atoms with Crippen molar-refractivity contribution in [1.82, 2.24) is 15.6 Å². The molecule has 2 amide bonds. The summed E-state index contributed by atoms with van der Waals surface area (Å²) in [5.74, 6) is 0. The lowest BCUT2D eigenvalue weighted by molar-refractivity contribution is 0.142. The largest absolute Gasteiger partial charge is 0.390 e. The second-order valence-corrected chi connectivity index (χ2v) is 6.55. The molecule has 0 spiro atoms. The molecule has 6 heteroatoms. The van der Waals surface area contributed by atoms with Crippen molar-refractivity contribution in [3.8, 4) is 0 Å². The number of rotatable bonds is 4. The second-order valence-electron chi connectivity index (χ2n) is 5.35. The molecule has 2 aromatic rings. The van der Waals surface area contributed by atoms with Crippen molar-refractivity contribution in [3.05, 3.63) is 51.5 Å². The zero-order chi connectivity index (χ0) is 15.5. The van der Waals surface area contributed by atoms with Crippen molar-refractivity contribution < 1.29 is 9.90 Å². The minimum Gasteiger partial charge on any atom is -0.390 e. The Hall–Kier alpha value is -1.92. The van der Waals surface area contributed by atoms with Crippen molar-refractivity contribution in [2.45, 2.75) is 38.5 Å². The average molecular weight is 317 g/mol. The minimum atomic E-state index is -0.574. The van der Waals surface area contributed by atoms with E-state index < -0.39 is 6.10 Å². The van der Waals surface area contributed by atoms with Crippen LogP contribution in [0.4, 0.5) is 4.79 Å². The van der Waals surface area contributed by atoms with Crippen LogP contribution in [0, 0.1) is 0 Å². The Labute approximate surface area is 133 Å². The molecular weight excluding hydrogens is 298 g/mol. The first kappa shape index (κ1) is 15.0. The van der Waals surface area contributed by atoms with Crippen LogP contribution in [0.1, 0.15) is 34.0 Å². The Morgan fingerprint density at radius 3 is 3.05 bits per heavy atom. The monoisotopic (exact) mass is 317 g/mol. The highest BCUT2D eigenvalue weighted by molar-refractivity contribution is 7.11. The first-order valence-electron chi connectivity index (χ1n) is 7.41. The van der Waals surface area contributed by atoms with E-state index in [1.54, 1.807) is 11.3 Å². The number of aryl methyl sites for hydroxylation is 1. The summed E-state index contributed by atoms with van der Waals surface area (Å²) in [6.45, 7) is 2.48. The van der Waals surface area contributed by atoms with E-state index in [4.69, 9.17) is 0 Å². The van der Waals surface area contributed by atoms with E-state index in [1.165, 1.54) is 4.88 Å². The fourth-order valence-electron chi connectivity index (χ4n) is 2.69. The highest BCUT2D eigenvalue weighted by Crippen LogP contribution is 2.31. The van der Waals surface area contributed by atoms with Gasteiger partial charge in [-0.25, -0.2) is 9.78 Å². The van der Waals surface area contributed by atoms with Gasteiger partial charge in [0.05, 0.1) is 18.7 Å². The van der Waals surface area contributed by atoms with Gasteiger partial charge in [-0.2, -0.15) is 0 Å². The standard InChI is InChI=1S/C16H19N3O2S/c1-2-11-8-17-14(22-11)9-18-16(21)19-15-12-6-4-3-5-10(12)7-13(15)20/h3-6,8,13,15,20H,2,7,9H2,1H3,(H2,18,19,21)/t13-,15+/m1/s1. The Morgan fingerprint density at radius 1 is 1.45 bits per heavy atom. The predicted octanol–water partition coefficient (Wildman–Crippen LogP) is 2.16. The van der Waals surface area contributed by atoms with Gasteiger partial charge in [0.2, 0.25) is 0 Å². The third-order valence-electron chi connectivity index (χ3n) is 3.84. The van der Waals surface area contributed by atoms with Crippen LogP contribution < -0.4 is 10.6 Å². The number of carbonyl (C=O) groups is 1. The molecule has 0 aliphatic heterocycles. The lowest BCUT2D eigenvalue weighted by Crippen LogP contribution is -2.40. The molecule has 0 bridgehead atoms. The van der Waals surface area contributed by atoms with E-state index in [0.29, 0.717) is 13.0 Å². The summed E-state index contributed by atoms with van der Waals surface area (Å²) < 4.78 is 0. The number of aromatic nitrogens is 1. The molecule has 0 unspecified atom stereocenters. The Kier molecular flexibility index (Phi) is 4.40. The molecule has 1 aliphatic carbocycles. The van der Waals surface area contributed by atoms with Gasteiger partial charge in [-0.1, -0.05) is 31.2 Å². The fraction of sp³-hybridized carbons (Fsp3) is 0.375. The zero-order valence-electron chi connectivity index (χ0n) is 12.4. The number of nitrogens with one attached hydrogen (secondary N) is 2. The fourth-order valence-corrected chi connectivity index (χ4v) is 3.49. The molecule has 3 N–H and O–H groups in total. The topological polar surface area (TPSA) is 74.2 Å². The van der Waals surface area contributed by atoms with Crippen molar-refractivity contribution in [2.24, 2.45) is 0 Å². The Bertz CT molecular complexity index is 671. The summed E-state index contributed by atoms with van der Waals surface area (Å²) in [5.41, 5.74) is 2.08. The number of carbonyl (C=O) groups excluding carboxylic acids is 1. The van der Waals surface area contributed by atoms with Crippen LogP contribution in [0.5, 0.6) is 0 Å². The molecule has 0 fully saturated rings. The number of amides is 2. The van der Waals surface area contributed by atoms with Crippen LogP contribution >= 0.6 is 11.3 Å². The third-order valence-corrected chi connectivity index (χ3v) is 4.98. The van der Waals surface area contributed by atoms with Gasteiger partial charge in [0.1, 0.15) is 5.01 Å². The molecule has 1 heterocycles. The summed E-state index contributed by atoms with van der Waals surface area (Å²) in [4.78, 5) is 17.5. The molecule has 1 aliphatic rings. The van der Waals surface area contributed by atoms with E-state index >= 15 is 0 Å². The Balaban J connectivity index is 1.58. The molecule has 1 aromatic carbocycles. The average Bonchev–Trinajstić information content (AvgIpc) is 3.10. The predicted molar refractivity (Wildman–Crippen MR) is 85.8 cm³/mol. The number of aliphatic hydroxyl groups is 1. The summed E-state index contributed by atoms with van der Waals surface area (Å²) in [5, 5.41) is 16.7. The second kappa shape index (κ2) is 6.46. The quantitative estimate of drug-likeness (QED) is 0.809. The van der Waals surface area contributed by atoms with Crippen molar-refractivity contribution in [1.29, 1.82) is 0 Å². The summed E-state index contributed by atoms with van der Waals surface area (Å²) in [6, 6.07) is 7.17. The van der Waals surface area contributed by atoms with E-state index in [0.717, 1.165) is 22.6 Å². The van der Waals surface area contributed by atoms with Gasteiger partial charge in [0, 0.05) is 17.5 Å². The van der Waals surface area contributed by atoms with Crippen LogP contribution in [0.25, 0.3) is 0 Å². The van der Waals surface area contributed by atoms with Crippen LogP contribution in [-0.4, -0.2) is 22.2 Å².